The van der Waals surface area contributed by atoms with Gasteiger partial charge in [-0.2, -0.15) is 11.8 Å². The lowest BCUT2D eigenvalue weighted by molar-refractivity contribution is -0.140. The lowest BCUT2D eigenvalue weighted by Gasteiger charge is -2.19. The minimum Gasteiger partial charge on any atom is -0.480 e. The fourth-order valence-corrected chi connectivity index (χ4v) is 2.00. The van der Waals surface area contributed by atoms with Crippen LogP contribution in [-0.4, -0.2) is 41.7 Å². The first-order chi connectivity index (χ1) is 7.88. The molecule has 0 rings (SSSR count). The zero-order valence-corrected chi connectivity index (χ0v) is 11.6. The summed E-state index contributed by atoms with van der Waals surface area (Å²) in [6.45, 7) is 6.11. The molecule has 0 aliphatic carbocycles. The second kappa shape index (κ2) is 8.22. The van der Waals surface area contributed by atoms with Gasteiger partial charge in [-0.25, -0.2) is 9.59 Å². The maximum atomic E-state index is 11.5. The summed E-state index contributed by atoms with van der Waals surface area (Å²) >= 11 is 1.72. The topological polar surface area (TPSA) is 78.4 Å². The van der Waals surface area contributed by atoms with Crippen LogP contribution in [0.3, 0.4) is 0 Å². The van der Waals surface area contributed by atoms with Crippen molar-refractivity contribution in [2.75, 3.05) is 18.6 Å². The highest BCUT2D eigenvalue weighted by Crippen LogP contribution is 2.03. The van der Waals surface area contributed by atoms with Gasteiger partial charge < -0.3 is 15.7 Å². The van der Waals surface area contributed by atoms with Crippen molar-refractivity contribution in [1.29, 1.82) is 0 Å². The number of carbonyl (C=O) groups excluding carboxylic acids is 1. The molecule has 0 aromatic rings. The lowest BCUT2D eigenvalue weighted by atomic mass is 10.1. The number of thioether (sulfide) groups is 1. The molecular weight excluding hydrogens is 240 g/mol. The number of amides is 2. The molecule has 6 heteroatoms. The fourth-order valence-electron chi connectivity index (χ4n) is 1.32. The number of rotatable bonds is 7. The monoisotopic (exact) mass is 262 g/mol. The molecule has 2 unspecified atom stereocenters. The molecular formula is C11H22N2O3S. The van der Waals surface area contributed by atoms with Crippen LogP contribution < -0.4 is 10.6 Å². The highest BCUT2D eigenvalue weighted by atomic mass is 32.2. The van der Waals surface area contributed by atoms with Crippen molar-refractivity contribution in [3.05, 3.63) is 0 Å². The van der Waals surface area contributed by atoms with E-state index in [1.165, 1.54) is 0 Å². The van der Waals surface area contributed by atoms with Gasteiger partial charge in [-0.05, 0) is 23.8 Å². The zero-order valence-electron chi connectivity index (χ0n) is 10.8. The number of urea groups is 1. The van der Waals surface area contributed by atoms with Crippen LogP contribution >= 0.6 is 11.8 Å². The van der Waals surface area contributed by atoms with E-state index in [1.54, 1.807) is 25.6 Å². The number of carboxylic acids is 1. The third kappa shape index (κ3) is 7.10. The van der Waals surface area contributed by atoms with Crippen molar-refractivity contribution in [3.63, 3.8) is 0 Å². The van der Waals surface area contributed by atoms with E-state index in [0.29, 0.717) is 12.5 Å². The van der Waals surface area contributed by atoms with Crippen LogP contribution in [0.25, 0.3) is 0 Å². The Balaban J connectivity index is 4.03. The molecule has 0 aromatic carbocycles. The first-order valence-electron chi connectivity index (χ1n) is 5.64. The first kappa shape index (κ1) is 16.1. The quantitative estimate of drug-likeness (QED) is 0.648. The second-order valence-electron chi connectivity index (χ2n) is 4.47. The van der Waals surface area contributed by atoms with Gasteiger partial charge in [0.1, 0.15) is 6.04 Å². The predicted octanol–water partition coefficient (Wildman–Crippen LogP) is 1.39. The summed E-state index contributed by atoms with van der Waals surface area (Å²) in [5.41, 5.74) is 0. The summed E-state index contributed by atoms with van der Waals surface area (Å²) < 4.78 is 0. The van der Waals surface area contributed by atoms with Crippen LogP contribution in [0.15, 0.2) is 0 Å². The Hall–Kier alpha value is -0.910. The Morgan fingerprint density at radius 3 is 2.29 bits per heavy atom. The summed E-state index contributed by atoms with van der Waals surface area (Å²) in [7, 11) is 0. The molecule has 5 nitrogen and oxygen atoms in total. The molecule has 2 atom stereocenters. The fraction of sp³-hybridized carbons (Fsp3) is 0.818. The minimum atomic E-state index is -1.01. The van der Waals surface area contributed by atoms with E-state index in [1.807, 2.05) is 13.2 Å². The van der Waals surface area contributed by atoms with Gasteiger partial charge in [0.05, 0.1) is 0 Å². The SMILES string of the molecule is CSCC(C)CNC(=O)NC(C(=O)O)C(C)C. The van der Waals surface area contributed by atoms with Crippen molar-refractivity contribution in [3.8, 4) is 0 Å². The Labute approximate surface area is 107 Å². The van der Waals surface area contributed by atoms with Crippen molar-refractivity contribution in [2.45, 2.75) is 26.8 Å². The van der Waals surface area contributed by atoms with Crippen LogP contribution in [0.1, 0.15) is 20.8 Å². The van der Waals surface area contributed by atoms with Gasteiger partial charge >= 0.3 is 12.0 Å². The molecule has 0 bridgehead atoms. The van der Waals surface area contributed by atoms with Crippen molar-refractivity contribution in [2.24, 2.45) is 11.8 Å². The van der Waals surface area contributed by atoms with Crippen LogP contribution in [0.5, 0.6) is 0 Å². The molecule has 3 N–H and O–H groups in total. The average Bonchev–Trinajstić information content (AvgIpc) is 2.22. The van der Waals surface area contributed by atoms with Crippen LogP contribution in [0.4, 0.5) is 4.79 Å². The standard InChI is InChI=1S/C11H22N2O3S/c1-7(2)9(10(14)15)13-11(16)12-5-8(3)6-17-4/h7-9H,5-6H2,1-4H3,(H,14,15)(H2,12,13,16). The number of carboxylic acid groups (broad SMARTS) is 1. The summed E-state index contributed by atoms with van der Waals surface area (Å²) in [6.07, 6.45) is 2.01. The van der Waals surface area contributed by atoms with Gasteiger partial charge in [0, 0.05) is 6.54 Å². The van der Waals surface area contributed by atoms with E-state index in [0.717, 1.165) is 5.75 Å². The van der Waals surface area contributed by atoms with E-state index in [2.05, 4.69) is 10.6 Å². The molecule has 0 saturated carbocycles. The zero-order chi connectivity index (χ0) is 13.4. The van der Waals surface area contributed by atoms with Crippen LogP contribution in [0.2, 0.25) is 0 Å². The largest absolute Gasteiger partial charge is 0.480 e. The number of carbonyl (C=O) groups is 2. The normalized spacial score (nSPS) is 14.2. The molecule has 0 aliphatic rings. The molecule has 0 aromatic heterocycles. The predicted molar refractivity (Wildman–Crippen MR) is 70.3 cm³/mol. The Bertz CT molecular complexity index is 259. The summed E-state index contributed by atoms with van der Waals surface area (Å²) in [6, 6.07) is -1.26. The number of hydrogen-bond acceptors (Lipinski definition) is 3. The molecule has 0 heterocycles. The highest BCUT2D eigenvalue weighted by molar-refractivity contribution is 7.98. The molecule has 0 spiro atoms. The maximum absolute atomic E-state index is 11.5. The Morgan fingerprint density at radius 1 is 1.29 bits per heavy atom. The summed E-state index contributed by atoms with van der Waals surface area (Å²) in [4.78, 5) is 22.3. The van der Waals surface area contributed by atoms with E-state index in [4.69, 9.17) is 5.11 Å². The van der Waals surface area contributed by atoms with Gasteiger partial charge in [-0.3, -0.25) is 0 Å². The van der Waals surface area contributed by atoms with Gasteiger partial charge in [0.15, 0.2) is 0 Å². The second-order valence-corrected chi connectivity index (χ2v) is 5.39. The molecule has 100 valence electrons. The number of aliphatic carboxylic acids is 1. The molecule has 0 fully saturated rings. The van der Waals surface area contributed by atoms with E-state index < -0.39 is 18.0 Å². The summed E-state index contributed by atoms with van der Waals surface area (Å²) in [5, 5.41) is 14.0. The van der Waals surface area contributed by atoms with E-state index in [-0.39, 0.29) is 5.92 Å². The Kier molecular flexibility index (Phi) is 7.78. The highest BCUT2D eigenvalue weighted by Gasteiger charge is 2.23. The molecule has 0 saturated heterocycles. The van der Waals surface area contributed by atoms with Crippen LogP contribution in [0, 0.1) is 11.8 Å². The smallest absolute Gasteiger partial charge is 0.326 e. The maximum Gasteiger partial charge on any atom is 0.326 e. The van der Waals surface area contributed by atoms with Crippen molar-refractivity contribution in [1.82, 2.24) is 10.6 Å². The van der Waals surface area contributed by atoms with Gasteiger partial charge in [0.25, 0.3) is 0 Å². The molecule has 2 amide bonds. The average molecular weight is 262 g/mol. The van der Waals surface area contributed by atoms with Gasteiger partial charge in [-0.15, -0.1) is 0 Å². The molecule has 0 radical (unpaired) electrons. The van der Waals surface area contributed by atoms with E-state index >= 15 is 0 Å². The van der Waals surface area contributed by atoms with Gasteiger partial charge in [-0.1, -0.05) is 20.8 Å². The molecule has 17 heavy (non-hydrogen) atoms. The molecule has 0 aliphatic heterocycles. The number of hydrogen-bond donors (Lipinski definition) is 3. The third-order valence-electron chi connectivity index (χ3n) is 2.28. The third-order valence-corrected chi connectivity index (χ3v) is 3.18. The lowest BCUT2D eigenvalue weighted by Crippen LogP contribution is -2.49. The Morgan fingerprint density at radius 2 is 1.88 bits per heavy atom. The first-order valence-corrected chi connectivity index (χ1v) is 7.04. The van der Waals surface area contributed by atoms with Crippen molar-refractivity contribution < 1.29 is 14.7 Å². The number of nitrogens with one attached hydrogen (secondary N) is 2. The van der Waals surface area contributed by atoms with Gasteiger partial charge in [0.2, 0.25) is 0 Å². The minimum absolute atomic E-state index is 0.137. The summed E-state index contributed by atoms with van der Waals surface area (Å²) in [5.74, 6) is 0.194. The van der Waals surface area contributed by atoms with Crippen LogP contribution in [-0.2, 0) is 4.79 Å². The van der Waals surface area contributed by atoms with Crippen molar-refractivity contribution >= 4 is 23.8 Å². The van der Waals surface area contributed by atoms with E-state index in [9.17, 15) is 9.59 Å².